The Balaban J connectivity index is 2.35. The van der Waals surface area contributed by atoms with E-state index in [0.717, 1.165) is 23.8 Å². The van der Waals surface area contributed by atoms with Crippen LogP contribution in [0.1, 0.15) is 40.5 Å². The van der Waals surface area contributed by atoms with Gasteiger partial charge in [0.25, 0.3) is 0 Å². The highest BCUT2D eigenvalue weighted by Gasteiger charge is 2.27. The maximum absolute atomic E-state index is 3.61. The Morgan fingerprint density at radius 1 is 1.33 bits per heavy atom. The van der Waals surface area contributed by atoms with Crippen molar-refractivity contribution in [3.63, 3.8) is 0 Å². The molecule has 0 aromatic heterocycles. The van der Waals surface area contributed by atoms with Gasteiger partial charge in [0.2, 0.25) is 0 Å². The summed E-state index contributed by atoms with van der Waals surface area (Å²) in [6.45, 7) is 10.6. The van der Waals surface area contributed by atoms with Crippen LogP contribution in [0.15, 0.2) is 0 Å². The van der Waals surface area contributed by atoms with Gasteiger partial charge in [-0.05, 0) is 37.1 Å². The topological polar surface area (TPSA) is 12.0 Å². The lowest BCUT2D eigenvalue weighted by molar-refractivity contribution is 0.305. The maximum atomic E-state index is 3.61. The van der Waals surface area contributed by atoms with E-state index in [1.807, 2.05) is 0 Å². The Kier molecular flexibility index (Phi) is 3.57. The molecular formula is C11H23N. The fraction of sp³-hybridized carbons (Fsp3) is 1.00. The van der Waals surface area contributed by atoms with Crippen LogP contribution in [0.4, 0.5) is 0 Å². The summed E-state index contributed by atoms with van der Waals surface area (Å²) in [6, 6.07) is 0.785. The molecule has 72 valence electrons. The fourth-order valence-corrected chi connectivity index (χ4v) is 2.51. The third-order valence-corrected chi connectivity index (χ3v) is 3.05. The van der Waals surface area contributed by atoms with Crippen molar-refractivity contribution in [1.29, 1.82) is 0 Å². The van der Waals surface area contributed by atoms with Crippen LogP contribution in [0.3, 0.4) is 0 Å². The minimum atomic E-state index is 0.785. The van der Waals surface area contributed by atoms with Crippen molar-refractivity contribution in [3.05, 3.63) is 0 Å². The summed E-state index contributed by atoms with van der Waals surface area (Å²) in [7, 11) is 0. The van der Waals surface area contributed by atoms with Crippen LogP contribution in [-0.4, -0.2) is 12.6 Å². The average Bonchev–Trinajstić information content (AvgIpc) is 2.33. The van der Waals surface area contributed by atoms with E-state index in [-0.39, 0.29) is 0 Å². The van der Waals surface area contributed by atoms with Gasteiger partial charge < -0.3 is 5.32 Å². The van der Waals surface area contributed by atoms with Gasteiger partial charge in [-0.25, -0.2) is 0 Å². The van der Waals surface area contributed by atoms with E-state index < -0.39 is 0 Å². The van der Waals surface area contributed by atoms with Crippen LogP contribution >= 0.6 is 0 Å². The van der Waals surface area contributed by atoms with Crippen molar-refractivity contribution < 1.29 is 0 Å². The molecule has 3 atom stereocenters. The van der Waals surface area contributed by atoms with Crippen LogP contribution in [0.5, 0.6) is 0 Å². The van der Waals surface area contributed by atoms with Crippen molar-refractivity contribution in [2.24, 2.45) is 17.8 Å². The molecule has 1 N–H and O–H groups in total. The van der Waals surface area contributed by atoms with E-state index in [0.29, 0.717) is 0 Å². The quantitative estimate of drug-likeness (QED) is 0.685. The molecule has 0 spiro atoms. The average molecular weight is 169 g/mol. The molecule has 1 nitrogen and oxygen atoms in total. The lowest BCUT2D eigenvalue weighted by Gasteiger charge is -2.24. The second kappa shape index (κ2) is 4.27. The van der Waals surface area contributed by atoms with Gasteiger partial charge in [0.1, 0.15) is 0 Å². The molecule has 1 fully saturated rings. The zero-order valence-electron chi connectivity index (χ0n) is 8.93. The first-order valence-electron chi connectivity index (χ1n) is 5.34. The van der Waals surface area contributed by atoms with Crippen LogP contribution < -0.4 is 5.32 Å². The van der Waals surface area contributed by atoms with Gasteiger partial charge in [-0.15, -0.1) is 0 Å². The van der Waals surface area contributed by atoms with Crippen LogP contribution in [-0.2, 0) is 0 Å². The summed E-state index contributed by atoms with van der Waals surface area (Å²) in [6.07, 6.45) is 2.73. The van der Waals surface area contributed by atoms with E-state index in [1.54, 1.807) is 0 Å². The third kappa shape index (κ3) is 2.48. The molecule has 0 aromatic carbocycles. The van der Waals surface area contributed by atoms with Crippen LogP contribution in [0.2, 0.25) is 0 Å². The van der Waals surface area contributed by atoms with Crippen molar-refractivity contribution in [1.82, 2.24) is 5.32 Å². The predicted octanol–water partition coefficient (Wildman–Crippen LogP) is 2.67. The first kappa shape index (κ1) is 10.0. The highest BCUT2D eigenvalue weighted by atomic mass is 15.0. The number of hydrogen-bond acceptors (Lipinski definition) is 1. The number of nitrogens with one attached hydrogen (secondary N) is 1. The summed E-state index contributed by atoms with van der Waals surface area (Å²) >= 11 is 0. The zero-order valence-corrected chi connectivity index (χ0v) is 8.93. The molecule has 1 heteroatoms. The highest BCUT2D eigenvalue weighted by Crippen LogP contribution is 2.25. The highest BCUT2D eigenvalue weighted by molar-refractivity contribution is 4.84. The molecule has 0 radical (unpaired) electrons. The van der Waals surface area contributed by atoms with Crippen LogP contribution in [0, 0.1) is 17.8 Å². The van der Waals surface area contributed by atoms with Gasteiger partial charge in [0.05, 0.1) is 0 Å². The SMILES string of the molecule is CC(C)CC(C)C1NCCC1C. The van der Waals surface area contributed by atoms with Gasteiger partial charge in [-0.2, -0.15) is 0 Å². The second-order valence-electron chi connectivity index (χ2n) is 4.85. The molecule has 12 heavy (non-hydrogen) atoms. The van der Waals surface area contributed by atoms with Crippen molar-refractivity contribution in [2.45, 2.75) is 46.6 Å². The standard InChI is InChI=1S/C11H23N/c1-8(2)7-10(4)11-9(3)5-6-12-11/h8-12H,5-7H2,1-4H3. The van der Waals surface area contributed by atoms with Crippen molar-refractivity contribution in [3.8, 4) is 0 Å². The molecule has 0 bridgehead atoms. The molecule has 3 unspecified atom stereocenters. The maximum Gasteiger partial charge on any atom is 0.0119 e. The molecule has 1 rings (SSSR count). The minimum Gasteiger partial charge on any atom is -0.313 e. The molecule has 1 heterocycles. The first-order valence-corrected chi connectivity index (χ1v) is 5.34. The van der Waals surface area contributed by atoms with E-state index in [9.17, 15) is 0 Å². The Morgan fingerprint density at radius 3 is 2.42 bits per heavy atom. The fourth-order valence-electron chi connectivity index (χ4n) is 2.51. The number of rotatable bonds is 3. The molecular weight excluding hydrogens is 146 g/mol. The smallest absolute Gasteiger partial charge is 0.0119 e. The van der Waals surface area contributed by atoms with Gasteiger partial charge in [-0.1, -0.05) is 27.7 Å². The van der Waals surface area contributed by atoms with Gasteiger partial charge >= 0.3 is 0 Å². The summed E-state index contributed by atoms with van der Waals surface area (Å²) < 4.78 is 0. The zero-order chi connectivity index (χ0) is 9.14. The van der Waals surface area contributed by atoms with E-state index in [1.165, 1.54) is 19.4 Å². The molecule has 1 saturated heterocycles. The van der Waals surface area contributed by atoms with Gasteiger partial charge in [0.15, 0.2) is 0 Å². The third-order valence-electron chi connectivity index (χ3n) is 3.05. The second-order valence-corrected chi connectivity index (χ2v) is 4.85. The normalized spacial score (nSPS) is 32.8. The summed E-state index contributed by atoms with van der Waals surface area (Å²) in [5, 5.41) is 3.61. The lowest BCUT2D eigenvalue weighted by Crippen LogP contribution is -2.33. The van der Waals surface area contributed by atoms with E-state index in [2.05, 4.69) is 33.0 Å². The van der Waals surface area contributed by atoms with E-state index in [4.69, 9.17) is 0 Å². The van der Waals surface area contributed by atoms with Gasteiger partial charge in [-0.3, -0.25) is 0 Å². The Labute approximate surface area is 76.9 Å². The largest absolute Gasteiger partial charge is 0.313 e. The Hall–Kier alpha value is -0.0400. The molecule has 1 aliphatic rings. The molecule has 0 amide bonds. The minimum absolute atomic E-state index is 0.785. The van der Waals surface area contributed by atoms with Gasteiger partial charge in [0, 0.05) is 6.04 Å². The van der Waals surface area contributed by atoms with Crippen LogP contribution in [0.25, 0.3) is 0 Å². The van der Waals surface area contributed by atoms with E-state index >= 15 is 0 Å². The summed E-state index contributed by atoms with van der Waals surface area (Å²) in [5.74, 6) is 2.58. The molecule has 1 aliphatic heterocycles. The summed E-state index contributed by atoms with van der Waals surface area (Å²) in [5.41, 5.74) is 0. The molecule has 0 aliphatic carbocycles. The Morgan fingerprint density at radius 2 is 2.00 bits per heavy atom. The van der Waals surface area contributed by atoms with Crippen molar-refractivity contribution >= 4 is 0 Å². The Bertz CT molecular complexity index is 131. The molecule has 0 saturated carbocycles. The monoisotopic (exact) mass is 169 g/mol. The summed E-state index contributed by atoms with van der Waals surface area (Å²) in [4.78, 5) is 0. The lowest BCUT2D eigenvalue weighted by atomic mass is 9.86. The number of hydrogen-bond donors (Lipinski definition) is 1. The van der Waals surface area contributed by atoms with Crippen molar-refractivity contribution in [2.75, 3.05) is 6.54 Å². The first-order chi connectivity index (χ1) is 5.61. The molecule has 0 aromatic rings. The predicted molar refractivity (Wildman–Crippen MR) is 54.2 cm³/mol.